The number of rotatable bonds is 5. The maximum Gasteiger partial charge on any atom is 0.509 e. The average Bonchev–Trinajstić information content (AvgIpc) is 2.54. The van der Waals surface area contributed by atoms with E-state index in [1.807, 2.05) is 36.4 Å². The fraction of sp³-hybridized carbons (Fsp3) is 0.176. The molecular weight excluding hydrogens is 282 g/mol. The zero-order valence-corrected chi connectivity index (χ0v) is 12.1. The molecule has 0 fully saturated rings. The monoisotopic (exact) mass is 297 g/mol. The van der Waals surface area contributed by atoms with E-state index in [-0.39, 0.29) is 6.61 Å². The number of benzene rings is 2. The molecule has 0 saturated heterocycles. The first-order valence-corrected chi connectivity index (χ1v) is 6.79. The Hall–Kier alpha value is -3.00. The molecular formula is C17H15NO4. The molecule has 0 aliphatic rings. The number of nitrogens with zero attached hydrogens (tertiary/aromatic N) is 1. The van der Waals surface area contributed by atoms with Crippen LogP contribution in [0.2, 0.25) is 0 Å². The molecule has 112 valence electrons. The van der Waals surface area contributed by atoms with E-state index in [1.54, 1.807) is 31.2 Å². The Morgan fingerprint density at radius 2 is 1.86 bits per heavy atom. The summed E-state index contributed by atoms with van der Waals surface area (Å²) in [6.07, 6.45) is -1.91. The Morgan fingerprint density at radius 1 is 1.14 bits per heavy atom. The second-order valence-electron chi connectivity index (χ2n) is 4.30. The van der Waals surface area contributed by atoms with Crippen molar-refractivity contribution in [2.75, 3.05) is 6.61 Å². The van der Waals surface area contributed by atoms with E-state index in [2.05, 4.69) is 4.74 Å². The number of ether oxygens (including phenoxy) is 3. The fourth-order valence-corrected chi connectivity index (χ4v) is 1.78. The molecule has 2 aromatic carbocycles. The summed E-state index contributed by atoms with van der Waals surface area (Å²) < 4.78 is 15.3. The predicted molar refractivity (Wildman–Crippen MR) is 79.4 cm³/mol. The highest BCUT2D eigenvalue weighted by molar-refractivity contribution is 5.60. The molecule has 0 N–H and O–H groups in total. The van der Waals surface area contributed by atoms with Crippen molar-refractivity contribution >= 4 is 6.16 Å². The first-order valence-electron chi connectivity index (χ1n) is 6.79. The average molecular weight is 297 g/mol. The molecule has 5 nitrogen and oxygen atoms in total. The zero-order chi connectivity index (χ0) is 15.8. The van der Waals surface area contributed by atoms with Gasteiger partial charge in [0.2, 0.25) is 6.10 Å². The first kappa shape index (κ1) is 15.4. The lowest BCUT2D eigenvalue weighted by Gasteiger charge is -2.12. The molecule has 0 aliphatic carbocycles. The normalized spacial score (nSPS) is 11.1. The van der Waals surface area contributed by atoms with Gasteiger partial charge in [-0.2, -0.15) is 5.26 Å². The van der Waals surface area contributed by atoms with Crippen LogP contribution in [0.15, 0.2) is 54.6 Å². The number of carbonyl (C=O) groups excluding carboxylic acids is 1. The van der Waals surface area contributed by atoms with Crippen molar-refractivity contribution in [1.29, 1.82) is 5.26 Å². The summed E-state index contributed by atoms with van der Waals surface area (Å²) in [5, 5.41) is 9.15. The van der Waals surface area contributed by atoms with Crippen molar-refractivity contribution in [3.8, 4) is 17.6 Å². The van der Waals surface area contributed by atoms with Gasteiger partial charge in [-0.05, 0) is 31.2 Å². The van der Waals surface area contributed by atoms with Crippen LogP contribution in [0.3, 0.4) is 0 Å². The van der Waals surface area contributed by atoms with E-state index in [0.717, 1.165) is 0 Å². The van der Waals surface area contributed by atoms with Gasteiger partial charge in [-0.3, -0.25) is 0 Å². The Bertz CT molecular complexity index is 664. The van der Waals surface area contributed by atoms with Gasteiger partial charge in [0.15, 0.2) is 0 Å². The molecule has 1 unspecified atom stereocenters. The van der Waals surface area contributed by atoms with Gasteiger partial charge in [-0.25, -0.2) is 4.79 Å². The largest absolute Gasteiger partial charge is 0.509 e. The highest BCUT2D eigenvalue weighted by atomic mass is 16.7. The van der Waals surface area contributed by atoms with Crippen molar-refractivity contribution < 1.29 is 19.0 Å². The molecule has 0 aliphatic heterocycles. The van der Waals surface area contributed by atoms with Gasteiger partial charge in [0, 0.05) is 5.56 Å². The van der Waals surface area contributed by atoms with Crippen molar-refractivity contribution in [2.24, 2.45) is 0 Å². The summed E-state index contributed by atoms with van der Waals surface area (Å²) in [4.78, 5) is 11.3. The van der Waals surface area contributed by atoms with E-state index in [4.69, 9.17) is 14.7 Å². The van der Waals surface area contributed by atoms with Crippen molar-refractivity contribution in [3.05, 3.63) is 60.2 Å². The van der Waals surface area contributed by atoms with Crippen molar-refractivity contribution in [2.45, 2.75) is 13.0 Å². The Labute approximate surface area is 128 Å². The molecule has 2 rings (SSSR count). The summed E-state index contributed by atoms with van der Waals surface area (Å²) in [5.41, 5.74) is 0.518. The number of carbonyl (C=O) groups is 1. The summed E-state index contributed by atoms with van der Waals surface area (Å²) in [5.74, 6) is 1.23. The van der Waals surface area contributed by atoms with E-state index >= 15 is 0 Å². The molecule has 22 heavy (non-hydrogen) atoms. The summed E-state index contributed by atoms with van der Waals surface area (Å²) in [6, 6.07) is 18.0. The van der Waals surface area contributed by atoms with Gasteiger partial charge in [-0.1, -0.05) is 30.3 Å². The minimum atomic E-state index is -1.04. The lowest BCUT2D eigenvalue weighted by atomic mass is 10.1. The van der Waals surface area contributed by atoms with E-state index in [9.17, 15) is 4.79 Å². The third-order valence-corrected chi connectivity index (χ3v) is 2.73. The second kappa shape index (κ2) is 7.70. The standard InChI is InChI=1S/C17H15NO4/c1-2-20-17(19)22-16(12-18)13-7-6-10-15(11-13)21-14-8-4-3-5-9-14/h3-11,16H,2H2,1H3. The topological polar surface area (TPSA) is 68.5 Å². The Morgan fingerprint density at radius 3 is 2.55 bits per heavy atom. The maximum absolute atomic E-state index is 11.3. The number of para-hydroxylation sites is 1. The van der Waals surface area contributed by atoms with Gasteiger partial charge in [0.1, 0.15) is 17.6 Å². The van der Waals surface area contributed by atoms with Crippen LogP contribution in [0, 0.1) is 11.3 Å². The van der Waals surface area contributed by atoms with Gasteiger partial charge >= 0.3 is 6.16 Å². The van der Waals surface area contributed by atoms with Gasteiger partial charge < -0.3 is 14.2 Å². The lowest BCUT2D eigenvalue weighted by Crippen LogP contribution is -2.11. The molecule has 1 atom stereocenters. The Balaban J connectivity index is 2.12. The summed E-state index contributed by atoms with van der Waals surface area (Å²) >= 11 is 0. The molecule has 0 spiro atoms. The lowest BCUT2D eigenvalue weighted by molar-refractivity contribution is 0.0420. The van der Waals surface area contributed by atoms with E-state index in [1.165, 1.54) is 0 Å². The summed E-state index contributed by atoms with van der Waals surface area (Å²) in [6.45, 7) is 1.85. The number of hydrogen-bond donors (Lipinski definition) is 0. The summed E-state index contributed by atoms with van der Waals surface area (Å²) in [7, 11) is 0. The molecule has 0 amide bonds. The van der Waals surface area contributed by atoms with Gasteiger partial charge in [0.25, 0.3) is 0 Å². The van der Waals surface area contributed by atoms with Crippen LogP contribution < -0.4 is 4.74 Å². The van der Waals surface area contributed by atoms with Gasteiger partial charge in [-0.15, -0.1) is 0 Å². The fourth-order valence-electron chi connectivity index (χ4n) is 1.78. The smallest absolute Gasteiger partial charge is 0.457 e. The van der Waals surface area contributed by atoms with Crippen LogP contribution in [-0.2, 0) is 9.47 Å². The Kier molecular flexibility index (Phi) is 5.38. The van der Waals surface area contributed by atoms with Crippen molar-refractivity contribution in [3.63, 3.8) is 0 Å². The molecule has 0 radical (unpaired) electrons. The number of hydrogen-bond acceptors (Lipinski definition) is 5. The quantitative estimate of drug-likeness (QED) is 0.773. The van der Waals surface area contributed by atoms with Crippen LogP contribution in [0.1, 0.15) is 18.6 Å². The minimum Gasteiger partial charge on any atom is -0.457 e. The van der Waals surface area contributed by atoms with Gasteiger partial charge in [0.05, 0.1) is 6.61 Å². The number of nitriles is 1. The van der Waals surface area contributed by atoms with Crippen LogP contribution in [0.5, 0.6) is 11.5 Å². The minimum absolute atomic E-state index is 0.189. The van der Waals surface area contributed by atoms with E-state index in [0.29, 0.717) is 17.1 Å². The highest BCUT2D eigenvalue weighted by Gasteiger charge is 2.17. The second-order valence-corrected chi connectivity index (χ2v) is 4.30. The zero-order valence-electron chi connectivity index (χ0n) is 12.1. The molecule has 2 aromatic rings. The first-order chi connectivity index (χ1) is 10.7. The molecule has 5 heteroatoms. The van der Waals surface area contributed by atoms with Crippen LogP contribution in [0.25, 0.3) is 0 Å². The van der Waals surface area contributed by atoms with Crippen LogP contribution in [0.4, 0.5) is 4.79 Å². The third kappa shape index (κ3) is 4.25. The van der Waals surface area contributed by atoms with Crippen LogP contribution >= 0.6 is 0 Å². The predicted octanol–water partition coefficient (Wildman–Crippen LogP) is 4.22. The molecule has 0 bridgehead atoms. The molecule has 0 saturated carbocycles. The van der Waals surface area contributed by atoms with E-state index < -0.39 is 12.3 Å². The third-order valence-electron chi connectivity index (χ3n) is 2.73. The highest BCUT2D eigenvalue weighted by Crippen LogP contribution is 2.26. The van der Waals surface area contributed by atoms with Crippen molar-refractivity contribution in [1.82, 2.24) is 0 Å². The maximum atomic E-state index is 11.3. The molecule has 0 aromatic heterocycles. The SMILES string of the molecule is CCOC(=O)OC(C#N)c1cccc(Oc2ccccc2)c1. The molecule has 0 heterocycles. The van der Waals surface area contributed by atoms with Crippen LogP contribution in [-0.4, -0.2) is 12.8 Å².